The molecule has 0 atom stereocenters. The van der Waals surface area contributed by atoms with Crippen molar-refractivity contribution in [1.82, 2.24) is 25.0 Å². The lowest BCUT2D eigenvalue weighted by Gasteiger charge is -2.32. The first-order valence-electron chi connectivity index (χ1n) is 8.08. The number of amides is 1. The molecule has 6 heteroatoms. The second-order valence-corrected chi connectivity index (χ2v) is 6.13. The van der Waals surface area contributed by atoms with E-state index < -0.39 is 0 Å². The standard InChI is InChI=1S/C17H23N5O/c1-13-9-15(3-4-16(13)22-12-19-11-20-22)17(23)21-7-5-14(6-8-21)10-18-2/h3-4,9,11-12,14,18H,5-8,10H2,1-2H3. The van der Waals surface area contributed by atoms with Crippen molar-refractivity contribution < 1.29 is 4.79 Å². The average Bonchev–Trinajstić information content (AvgIpc) is 3.09. The van der Waals surface area contributed by atoms with E-state index in [2.05, 4.69) is 15.4 Å². The van der Waals surface area contributed by atoms with Crippen molar-refractivity contribution in [2.24, 2.45) is 5.92 Å². The van der Waals surface area contributed by atoms with Gasteiger partial charge < -0.3 is 10.2 Å². The van der Waals surface area contributed by atoms with E-state index in [9.17, 15) is 4.79 Å². The number of aryl methyl sites for hydroxylation is 1. The lowest BCUT2D eigenvalue weighted by molar-refractivity contribution is 0.0691. The topological polar surface area (TPSA) is 63.1 Å². The maximum atomic E-state index is 12.7. The van der Waals surface area contributed by atoms with E-state index in [0.29, 0.717) is 5.92 Å². The van der Waals surface area contributed by atoms with Crippen LogP contribution in [0, 0.1) is 12.8 Å². The number of nitrogens with one attached hydrogen (secondary N) is 1. The number of piperidine rings is 1. The molecule has 1 amide bonds. The maximum absolute atomic E-state index is 12.7. The fourth-order valence-electron chi connectivity index (χ4n) is 3.19. The van der Waals surface area contributed by atoms with Crippen LogP contribution in [0.15, 0.2) is 30.9 Å². The normalized spacial score (nSPS) is 15.8. The lowest BCUT2D eigenvalue weighted by atomic mass is 9.96. The zero-order chi connectivity index (χ0) is 16.2. The number of carbonyl (C=O) groups excluding carboxylic acids is 1. The van der Waals surface area contributed by atoms with Crippen molar-refractivity contribution in [2.75, 3.05) is 26.7 Å². The molecule has 2 aromatic rings. The summed E-state index contributed by atoms with van der Waals surface area (Å²) in [5.41, 5.74) is 2.72. The highest BCUT2D eigenvalue weighted by Crippen LogP contribution is 2.20. The van der Waals surface area contributed by atoms with Crippen LogP contribution in [0.3, 0.4) is 0 Å². The van der Waals surface area contributed by atoms with E-state index in [1.165, 1.54) is 6.33 Å². The van der Waals surface area contributed by atoms with Crippen molar-refractivity contribution in [3.8, 4) is 5.69 Å². The van der Waals surface area contributed by atoms with Crippen LogP contribution in [0.2, 0.25) is 0 Å². The Morgan fingerprint density at radius 1 is 1.35 bits per heavy atom. The number of carbonyl (C=O) groups is 1. The molecule has 1 aromatic heterocycles. The Morgan fingerprint density at radius 3 is 2.74 bits per heavy atom. The molecule has 0 aliphatic carbocycles. The van der Waals surface area contributed by atoms with Gasteiger partial charge in [-0.05, 0) is 63.0 Å². The third-order valence-electron chi connectivity index (χ3n) is 4.50. The van der Waals surface area contributed by atoms with Crippen LogP contribution in [0.1, 0.15) is 28.8 Å². The quantitative estimate of drug-likeness (QED) is 0.932. The van der Waals surface area contributed by atoms with E-state index in [-0.39, 0.29) is 5.91 Å². The molecule has 122 valence electrons. The Hall–Kier alpha value is -2.21. The number of likely N-dealkylation sites (tertiary alicyclic amines) is 1. The average molecular weight is 313 g/mol. The summed E-state index contributed by atoms with van der Waals surface area (Å²) >= 11 is 0. The van der Waals surface area contributed by atoms with E-state index in [0.717, 1.165) is 49.3 Å². The summed E-state index contributed by atoms with van der Waals surface area (Å²) in [5, 5.41) is 7.37. The first-order valence-corrected chi connectivity index (χ1v) is 8.08. The van der Waals surface area contributed by atoms with Gasteiger partial charge in [-0.2, -0.15) is 5.10 Å². The summed E-state index contributed by atoms with van der Waals surface area (Å²) in [4.78, 5) is 18.6. The molecule has 1 fully saturated rings. The monoisotopic (exact) mass is 313 g/mol. The molecule has 1 aromatic carbocycles. The molecule has 3 rings (SSSR count). The highest BCUT2D eigenvalue weighted by atomic mass is 16.2. The van der Waals surface area contributed by atoms with Gasteiger partial charge in [-0.1, -0.05) is 0 Å². The second-order valence-electron chi connectivity index (χ2n) is 6.13. The van der Waals surface area contributed by atoms with Gasteiger partial charge in [0.1, 0.15) is 12.7 Å². The van der Waals surface area contributed by atoms with Crippen LogP contribution >= 0.6 is 0 Å². The third-order valence-corrected chi connectivity index (χ3v) is 4.50. The van der Waals surface area contributed by atoms with E-state index in [1.807, 2.05) is 37.1 Å². The van der Waals surface area contributed by atoms with Gasteiger partial charge in [0.2, 0.25) is 0 Å². The highest BCUT2D eigenvalue weighted by molar-refractivity contribution is 5.94. The molecular weight excluding hydrogens is 290 g/mol. The Balaban J connectivity index is 1.70. The molecular formula is C17H23N5O. The highest BCUT2D eigenvalue weighted by Gasteiger charge is 2.23. The maximum Gasteiger partial charge on any atom is 0.253 e. The second kappa shape index (κ2) is 6.91. The molecule has 1 N–H and O–H groups in total. The van der Waals surface area contributed by atoms with Gasteiger partial charge in [0.25, 0.3) is 5.91 Å². The smallest absolute Gasteiger partial charge is 0.253 e. The molecule has 23 heavy (non-hydrogen) atoms. The summed E-state index contributed by atoms with van der Waals surface area (Å²) in [5.74, 6) is 0.807. The summed E-state index contributed by atoms with van der Waals surface area (Å²) < 4.78 is 1.72. The van der Waals surface area contributed by atoms with Crippen LogP contribution in [-0.2, 0) is 0 Å². The number of hydrogen-bond acceptors (Lipinski definition) is 4. The van der Waals surface area contributed by atoms with Gasteiger partial charge >= 0.3 is 0 Å². The fourth-order valence-corrected chi connectivity index (χ4v) is 3.19. The molecule has 0 unspecified atom stereocenters. The molecule has 1 aliphatic rings. The van der Waals surface area contributed by atoms with E-state index in [4.69, 9.17) is 0 Å². The fraction of sp³-hybridized carbons (Fsp3) is 0.471. The minimum Gasteiger partial charge on any atom is -0.339 e. The zero-order valence-electron chi connectivity index (χ0n) is 13.7. The lowest BCUT2D eigenvalue weighted by Crippen LogP contribution is -2.40. The number of nitrogens with zero attached hydrogens (tertiary/aromatic N) is 4. The van der Waals surface area contributed by atoms with Gasteiger partial charge in [-0.3, -0.25) is 4.79 Å². The van der Waals surface area contributed by atoms with Gasteiger partial charge in [0.05, 0.1) is 5.69 Å². The van der Waals surface area contributed by atoms with Crippen LogP contribution in [0.5, 0.6) is 0 Å². The predicted molar refractivity (Wildman–Crippen MR) is 88.7 cm³/mol. The molecule has 0 spiro atoms. The first-order chi connectivity index (χ1) is 11.2. The summed E-state index contributed by atoms with van der Waals surface area (Å²) in [6.07, 6.45) is 5.31. The molecule has 1 saturated heterocycles. The molecule has 2 heterocycles. The minimum absolute atomic E-state index is 0.126. The van der Waals surface area contributed by atoms with Gasteiger partial charge in [0.15, 0.2) is 0 Å². The van der Waals surface area contributed by atoms with Crippen LogP contribution in [0.4, 0.5) is 0 Å². The van der Waals surface area contributed by atoms with Gasteiger partial charge in [0, 0.05) is 18.7 Å². The number of rotatable bonds is 4. The largest absolute Gasteiger partial charge is 0.339 e. The van der Waals surface area contributed by atoms with Crippen molar-refractivity contribution in [2.45, 2.75) is 19.8 Å². The van der Waals surface area contributed by atoms with Gasteiger partial charge in [-0.15, -0.1) is 0 Å². The van der Waals surface area contributed by atoms with Crippen molar-refractivity contribution in [3.05, 3.63) is 42.0 Å². The van der Waals surface area contributed by atoms with Crippen LogP contribution < -0.4 is 5.32 Å². The van der Waals surface area contributed by atoms with Crippen LogP contribution in [-0.4, -0.2) is 52.3 Å². The first kappa shape index (κ1) is 15.7. The molecule has 1 aliphatic heterocycles. The van der Waals surface area contributed by atoms with E-state index in [1.54, 1.807) is 11.0 Å². The predicted octanol–water partition coefficient (Wildman–Crippen LogP) is 1.65. The third kappa shape index (κ3) is 3.42. The summed E-state index contributed by atoms with van der Waals surface area (Å²) in [6.45, 7) is 4.71. The number of aromatic nitrogens is 3. The van der Waals surface area contributed by atoms with Crippen LogP contribution in [0.25, 0.3) is 5.69 Å². The Bertz CT molecular complexity index is 660. The summed E-state index contributed by atoms with van der Waals surface area (Å²) in [7, 11) is 1.98. The van der Waals surface area contributed by atoms with Crippen molar-refractivity contribution in [1.29, 1.82) is 0 Å². The molecule has 6 nitrogen and oxygen atoms in total. The zero-order valence-corrected chi connectivity index (χ0v) is 13.7. The van der Waals surface area contributed by atoms with Crippen molar-refractivity contribution in [3.63, 3.8) is 0 Å². The number of hydrogen-bond donors (Lipinski definition) is 1. The number of benzene rings is 1. The summed E-state index contributed by atoms with van der Waals surface area (Å²) in [6, 6.07) is 5.76. The van der Waals surface area contributed by atoms with E-state index >= 15 is 0 Å². The van der Waals surface area contributed by atoms with Gasteiger partial charge in [-0.25, -0.2) is 9.67 Å². The Morgan fingerprint density at radius 2 is 2.13 bits per heavy atom. The molecule has 0 saturated carbocycles. The Labute approximate surface area is 136 Å². The Kier molecular flexibility index (Phi) is 4.71. The molecule has 0 bridgehead atoms. The molecule has 0 radical (unpaired) electrons. The SMILES string of the molecule is CNCC1CCN(C(=O)c2ccc(-n3cncn3)c(C)c2)CC1. The van der Waals surface area contributed by atoms with Crippen molar-refractivity contribution >= 4 is 5.91 Å². The minimum atomic E-state index is 0.126.